The quantitative estimate of drug-likeness (QED) is 0.0717. The van der Waals surface area contributed by atoms with Gasteiger partial charge < -0.3 is 23.7 Å². The van der Waals surface area contributed by atoms with Crippen LogP contribution in [0.1, 0.15) is 42.9 Å². The molecule has 1 aromatic heterocycles. The van der Waals surface area contributed by atoms with Gasteiger partial charge in [-0.2, -0.15) is 9.78 Å². The monoisotopic (exact) mass is 725 g/mol. The molecule has 14 heteroatoms. The highest BCUT2D eigenvalue weighted by Gasteiger charge is 2.52. The van der Waals surface area contributed by atoms with Crippen LogP contribution in [-0.2, 0) is 24.7 Å². The number of carbonyl (C=O) groups is 3. The third kappa shape index (κ3) is 8.60. The Kier molecular flexibility index (Phi) is 11.4. The first-order chi connectivity index (χ1) is 24.8. The summed E-state index contributed by atoms with van der Waals surface area (Å²) in [4.78, 5) is 56.0. The van der Waals surface area contributed by atoms with Crippen LogP contribution in [0.25, 0.3) is 0 Å². The maximum atomic E-state index is 13.5. The number of benzene rings is 4. The molecule has 1 aliphatic heterocycles. The van der Waals surface area contributed by atoms with Crippen molar-refractivity contribution >= 4 is 41.9 Å². The fourth-order valence-electron chi connectivity index (χ4n) is 5.19. The molecular formula is C37H31N3O9S2. The molecule has 4 atom stereocenters. The topological polar surface area (TPSA) is 148 Å². The lowest BCUT2D eigenvalue weighted by Gasteiger charge is -2.24. The zero-order valence-electron chi connectivity index (χ0n) is 27.1. The number of nitrogens with one attached hydrogen (secondary N) is 1. The van der Waals surface area contributed by atoms with Crippen molar-refractivity contribution in [2.45, 2.75) is 35.3 Å². The van der Waals surface area contributed by atoms with E-state index in [1.54, 1.807) is 98.1 Å². The highest BCUT2D eigenvalue weighted by Crippen LogP contribution is 2.35. The molecule has 0 saturated carbocycles. The average Bonchev–Trinajstić information content (AvgIpc) is 3.50. The summed E-state index contributed by atoms with van der Waals surface area (Å²) in [5.41, 5.74) is 0.866. The van der Waals surface area contributed by atoms with Gasteiger partial charge in [-0.3, -0.25) is 4.98 Å². The van der Waals surface area contributed by atoms with Crippen molar-refractivity contribution in [3.8, 4) is 5.75 Å². The Balaban J connectivity index is 1.35. The number of H-pyrrole nitrogens is 1. The van der Waals surface area contributed by atoms with Crippen molar-refractivity contribution in [2.24, 2.45) is 0 Å². The van der Waals surface area contributed by atoms with Gasteiger partial charge >= 0.3 is 23.6 Å². The summed E-state index contributed by atoms with van der Waals surface area (Å²) < 4.78 is 30.1. The van der Waals surface area contributed by atoms with Crippen LogP contribution in [-0.4, -0.2) is 64.7 Å². The second-order valence-corrected chi connectivity index (χ2v) is 12.5. The van der Waals surface area contributed by atoms with Crippen LogP contribution in [0.5, 0.6) is 5.75 Å². The maximum absolute atomic E-state index is 13.5. The maximum Gasteiger partial charge on any atom is 0.345 e. The molecule has 1 N–H and O–H groups in total. The zero-order chi connectivity index (χ0) is 35.7. The van der Waals surface area contributed by atoms with Crippen LogP contribution in [0.2, 0.25) is 0 Å². The minimum Gasteiger partial charge on any atom is -0.497 e. The van der Waals surface area contributed by atoms with Crippen LogP contribution in [0.15, 0.2) is 125 Å². The SMILES string of the molecule is COc1ccc(CSc2nn([C@H]3O[C@@H](COC(=O)c4ccccc4)[C@@H](OC(=O)c4ccccc4)[C@@H]3OC(=O)c3ccccc3)c(=O)[nH]c2=S)cc1. The van der Waals surface area contributed by atoms with Crippen molar-refractivity contribution in [3.63, 3.8) is 0 Å². The van der Waals surface area contributed by atoms with Crippen LogP contribution < -0.4 is 10.4 Å². The fourth-order valence-corrected chi connectivity index (χ4v) is 6.32. The van der Waals surface area contributed by atoms with Crippen molar-refractivity contribution < 1.29 is 38.1 Å². The zero-order valence-corrected chi connectivity index (χ0v) is 28.7. The van der Waals surface area contributed by atoms with Gasteiger partial charge in [-0.25, -0.2) is 19.2 Å². The van der Waals surface area contributed by atoms with Gasteiger partial charge in [0.2, 0.25) is 0 Å². The summed E-state index contributed by atoms with van der Waals surface area (Å²) in [6.45, 7) is -0.424. The number of carbonyl (C=O) groups excluding carboxylic acids is 3. The molecule has 0 spiro atoms. The van der Waals surface area contributed by atoms with Gasteiger partial charge in [-0.05, 0) is 54.1 Å². The molecule has 0 bridgehead atoms. The Labute approximate surface area is 301 Å². The molecule has 12 nitrogen and oxygen atoms in total. The Morgan fingerprint density at radius 3 is 1.86 bits per heavy atom. The molecule has 4 aromatic carbocycles. The summed E-state index contributed by atoms with van der Waals surface area (Å²) in [6.07, 6.45) is -5.42. The van der Waals surface area contributed by atoms with E-state index in [1.165, 1.54) is 11.8 Å². The number of ether oxygens (including phenoxy) is 5. The first-order valence-corrected chi connectivity index (χ1v) is 17.1. The second kappa shape index (κ2) is 16.4. The van der Waals surface area contributed by atoms with E-state index < -0.39 is 54.7 Å². The van der Waals surface area contributed by atoms with Crippen molar-refractivity contribution in [2.75, 3.05) is 13.7 Å². The highest BCUT2D eigenvalue weighted by atomic mass is 32.2. The highest BCUT2D eigenvalue weighted by molar-refractivity contribution is 7.98. The lowest BCUT2D eigenvalue weighted by atomic mass is 10.1. The molecule has 0 radical (unpaired) electrons. The van der Waals surface area contributed by atoms with Crippen LogP contribution in [0, 0.1) is 4.64 Å². The lowest BCUT2D eigenvalue weighted by Crippen LogP contribution is -2.43. The third-order valence-electron chi connectivity index (χ3n) is 7.78. The van der Waals surface area contributed by atoms with E-state index in [1.807, 2.05) is 24.3 Å². The van der Waals surface area contributed by atoms with E-state index in [9.17, 15) is 19.2 Å². The summed E-state index contributed by atoms with van der Waals surface area (Å²) in [5.74, 6) is -1.05. The van der Waals surface area contributed by atoms with Gasteiger partial charge in [-0.15, -0.1) is 0 Å². The largest absolute Gasteiger partial charge is 0.497 e. The van der Waals surface area contributed by atoms with E-state index in [2.05, 4.69) is 10.1 Å². The van der Waals surface area contributed by atoms with Crippen LogP contribution in [0.4, 0.5) is 0 Å². The number of rotatable bonds is 12. The first kappa shape index (κ1) is 35.3. The van der Waals surface area contributed by atoms with Gasteiger partial charge in [0.15, 0.2) is 23.5 Å². The Bertz CT molecular complexity index is 2090. The predicted molar refractivity (Wildman–Crippen MR) is 188 cm³/mol. The number of esters is 3. The number of nitrogens with zero attached hydrogens (tertiary/aromatic N) is 2. The van der Waals surface area contributed by atoms with Crippen molar-refractivity contribution in [1.29, 1.82) is 0 Å². The lowest BCUT2D eigenvalue weighted by molar-refractivity contribution is -0.0706. The molecule has 0 amide bonds. The number of hydrogen-bond donors (Lipinski definition) is 1. The summed E-state index contributed by atoms with van der Waals surface area (Å²) >= 11 is 6.70. The smallest absolute Gasteiger partial charge is 0.345 e. The third-order valence-corrected chi connectivity index (χ3v) is 9.24. The van der Waals surface area contributed by atoms with E-state index >= 15 is 0 Å². The Hall–Kier alpha value is -5.57. The number of hydrogen-bond acceptors (Lipinski definition) is 12. The van der Waals surface area contributed by atoms with Gasteiger partial charge in [-0.1, -0.05) is 90.7 Å². The van der Waals surface area contributed by atoms with Gasteiger partial charge in [0.05, 0.1) is 23.8 Å². The number of thioether (sulfide) groups is 1. The van der Waals surface area contributed by atoms with Crippen LogP contribution >= 0.6 is 24.0 Å². The molecule has 5 aromatic rings. The van der Waals surface area contributed by atoms with Gasteiger partial charge in [0.25, 0.3) is 0 Å². The van der Waals surface area contributed by atoms with E-state index in [4.69, 9.17) is 35.9 Å². The number of aromatic nitrogens is 3. The van der Waals surface area contributed by atoms with Gasteiger partial charge in [0.1, 0.15) is 23.1 Å². The summed E-state index contributed by atoms with van der Waals surface area (Å²) in [5, 5.41) is 4.81. The molecule has 6 rings (SSSR count). The molecule has 51 heavy (non-hydrogen) atoms. The fraction of sp³-hybridized carbons (Fsp3) is 0.189. The average molecular weight is 726 g/mol. The first-order valence-electron chi connectivity index (χ1n) is 15.7. The summed E-state index contributed by atoms with van der Waals surface area (Å²) in [7, 11) is 1.58. The minimum absolute atomic E-state index is 0.0889. The Morgan fingerprint density at radius 1 is 0.784 bits per heavy atom. The van der Waals surface area contributed by atoms with E-state index in [0.29, 0.717) is 11.5 Å². The van der Waals surface area contributed by atoms with Crippen molar-refractivity contribution in [1.82, 2.24) is 14.8 Å². The van der Waals surface area contributed by atoms with E-state index in [0.717, 1.165) is 10.2 Å². The predicted octanol–water partition coefficient (Wildman–Crippen LogP) is 5.81. The molecule has 1 aliphatic rings. The molecule has 0 aliphatic carbocycles. The molecule has 260 valence electrons. The van der Waals surface area contributed by atoms with Gasteiger partial charge in [0, 0.05) is 5.75 Å². The minimum atomic E-state index is -1.44. The second-order valence-electron chi connectivity index (χ2n) is 11.1. The molecule has 0 unspecified atom stereocenters. The number of aromatic amines is 1. The molecule has 1 saturated heterocycles. The molecule has 1 fully saturated rings. The van der Waals surface area contributed by atoms with E-state index in [-0.39, 0.29) is 26.4 Å². The standard InChI is InChI=1S/C37H31N3O9S2/c1-45-27-19-17-23(18-20-27)22-51-32-31(50)38-37(44)40(39-32)33-30(49-36(43)26-15-9-4-10-16-26)29(48-35(42)25-13-7-3-8-14-25)28(47-33)21-46-34(41)24-11-5-2-6-12-24/h2-20,28-30,33H,21-22H2,1H3,(H,38,44,50)/t28-,29+,30-,33-/m0/s1. The number of methoxy groups -OCH3 is 1. The Morgan fingerprint density at radius 2 is 1.31 bits per heavy atom. The van der Waals surface area contributed by atoms with Crippen LogP contribution in [0.3, 0.4) is 0 Å². The summed E-state index contributed by atoms with van der Waals surface area (Å²) in [6, 6.07) is 32.1. The molecular weight excluding hydrogens is 695 g/mol. The molecule has 2 heterocycles. The van der Waals surface area contributed by atoms with Crippen molar-refractivity contribution in [3.05, 3.63) is 153 Å². The normalized spacial score (nSPS) is 18.1.